The van der Waals surface area contributed by atoms with E-state index >= 15 is 0 Å². The van der Waals surface area contributed by atoms with Crippen molar-refractivity contribution in [1.82, 2.24) is 14.9 Å². The lowest BCUT2D eigenvalue weighted by atomic mass is 10.2. The van der Waals surface area contributed by atoms with Crippen LogP contribution in [-0.4, -0.2) is 39.9 Å². The highest BCUT2D eigenvalue weighted by Gasteiger charge is 2.32. The van der Waals surface area contributed by atoms with Gasteiger partial charge in [0.2, 0.25) is 11.9 Å². The summed E-state index contributed by atoms with van der Waals surface area (Å²) in [4.78, 5) is 36.6. The molecule has 1 aromatic carbocycles. The minimum atomic E-state index is -0.312. The Hall–Kier alpha value is -3.42. The lowest BCUT2D eigenvalue weighted by Gasteiger charge is -2.34. The van der Waals surface area contributed by atoms with Crippen molar-refractivity contribution >= 4 is 35.1 Å². The highest BCUT2D eigenvalue weighted by molar-refractivity contribution is 6.02. The molecule has 0 saturated heterocycles. The number of urea groups is 1. The van der Waals surface area contributed by atoms with Gasteiger partial charge in [-0.05, 0) is 37.1 Å². The molecule has 3 amide bonds. The molecule has 0 bridgehead atoms. The first kappa shape index (κ1) is 20.3. The van der Waals surface area contributed by atoms with E-state index in [4.69, 9.17) is 0 Å². The van der Waals surface area contributed by atoms with E-state index in [1.54, 1.807) is 47.3 Å². The smallest absolute Gasteiger partial charge is 0.330 e. The number of amides is 3. The van der Waals surface area contributed by atoms with Crippen molar-refractivity contribution in [2.75, 3.05) is 22.6 Å². The quantitative estimate of drug-likeness (QED) is 0.751. The summed E-state index contributed by atoms with van der Waals surface area (Å²) in [6.07, 6.45) is 5.17. The fourth-order valence-corrected chi connectivity index (χ4v) is 2.92. The van der Waals surface area contributed by atoms with E-state index in [9.17, 15) is 9.59 Å². The topological polar surface area (TPSA) is 90.5 Å². The Morgan fingerprint density at radius 2 is 2.07 bits per heavy atom. The van der Waals surface area contributed by atoms with Crippen molar-refractivity contribution in [1.29, 1.82) is 0 Å². The van der Waals surface area contributed by atoms with Crippen molar-refractivity contribution in [3.05, 3.63) is 48.7 Å². The number of hydrogen-bond acceptors (Lipinski definition) is 5. The van der Waals surface area contributed by atoms with Crippen LogP contribution in [-0.2, 0) is 11.3 Å². The molecule has 1 aromatic heterocycles. The normalized spacial score (nSPS) is 15.1. The van der Waals surface area contributed by atoms with Gasteiger partial charge in [0.05, 0.1) is 12.2 Å². The predicted molar refractivity (Wildman–Crippen MR) is 114 cm³/mol. The molecule has 0 unspecified atom stereocenters. The van der Waals surface area contributed by atoms with Crippen molar-refractivity contribution in [2.45, 2.75) is 39.3 Å². The first-order valence-electron chi connectivity index (χ1n) is 9.76. The maximum atomic E-state index is 12.9. The second-order valence-electron chi connectivity index (χ2n) is 6.68. The highest BCUT2D eigenvalue weighted by Crippen LogP contribution is 2.35. The van der Waals surface area contributed by atoms with E-state index in [-0.39, 0.29) is 11.9 Å². The van der Waals surface area contributed by atoms with Crippen LogP contribution >= 0.6 is 0 Å². The summed E-state index contributed by atoms with van der Waals surface area (Å²) in [5, 5.41) is 5.98. The Kier molecular flexibility index (Phi) is 6.11. The van der Waals surface area contributed by atoms with Crippen LogP contribution in [0.1, 0.15) is 32.3 Å². The zero-order valence-corrected chi connectivity index (χ0v) is 17.0. The molecule has 2 heterocycles. The number of anilines is 4. The zero-order valence-electron chi connectivity index (χ0n) is 17.0. The van der Waals surface area contributed by atoms with Crippen LogP contribution in [0.5, 0.6) is 0 Å². The summed E-state index contributed by atoms with van der Waals surface area (Å²) in [5.74, 6) is 0.769. The molecule has 1 aliphatic heterocycles. The number of fused-ring (bicyclic) bond motifs is 1. The number of benzene rings is 1. The molecule has 1 fully saturated rings. The Morgan fingerprint density at radius 1 is 1.31 bits per heavy atom. The molecular formula is C21H26N6O2. The van der Waals surface area contributed by atoms with Crippen molar-refractivity contribution in [2.24, 2.45) is 0 Å². The number of rotatable bonds is 5. The van der Waals surface area contributed by atoms with Gasteiger partial charge in [-0.2, -0.15) is 4.98 Å². The van der Waals surface area contributed by atoms with Gasteiger partial charge in [-0.25, -0.2) is 14.7 Å². The summed E-state index contributed by atoms with van der Waals surface area (Å²) >= 11 is 0. The molecule has 0 atom stereocenters. The van der Waals surface area contributed by atoms with Gasteiger partial charge < -0.3 is 15.5 Å². The summed E-state index contributed by atoms with van der Waals surface area (Å²) in [5.41, 5.74) is 2.05. The third-order valence-corrected chi connectivity index (χ3v) is 4.45. The standard InChI is InChI=1S/C19H20N6O2.C2H6/c1-3-16(26)21-14-5-4-6-15(9-14)25-17-12(11-24(2)19(25)27)10-20-18(23-17)22-13-7-8-13;1-2/h3-6,9-10,13H,1,7-8,11H2,2H3,(H,21,26)(H,20,22,23);1-2H3. The molecule has 8 heteroatoms. The largest absolute Gasteiger partial charge is 0.351 e. The van der Waals surface area contributed by atoms with Gasteiger partial charge in [0.25, 0.3) is 0 Å². The van der Waals surface area contributed by atoms with E-state index in [0.717, 1.165) is 18.4 Å². The molecule has 152 valence electrons. The van der Waals surface area contributed by atoms with Crippen molar-refractivity contribution < 1.29 is 9.59 Å². The van der Waals surface area contributed by atoms with E-state index in [1.165, 1.54) is 6.08 Å². The second kappa shape index (κ2) is 8.72. The number of carbonyl (C=O) groups is 2. The number of aromatic nitrogens is 2. The molecule has 2 aliphatic rings. The van der Waals surface area contributed by atoms with Crippen LogP contribution in [0, 0.1) is 0 Å². The summed E-state index contributed by atoms with van der Waals surface area (Å²) in [6.45, 7) is 7.90. The third-order valence-electron chi connectivity index (χ3n) is 4.45. The summed E-state index contributed by atoms with van der Waals surface area (Å²) in [6, 6.07) is 7.30. The maximum Gasteiger partial charge on any atom is 0.330 e. The number of carbonyl (C=O) groups excluding carboxylic acids is 2. The van der Waals surface area contributed by atoms with Crippen LogP contribution in [0.3, 0.4) is 0 Å². The molecular weight excluding hydrogens is 368 g/mol. The van der Waals surface area contributed by atoms with Crippen LogP contribution < -0.4 is 15.5 Å². The fourth-order valence-electron chi connectivity index (χ4n) is 2.92. The molecule has 0 radical (unpaired) electrons. The minimum absolute atomic E-state index is 0.189. The van der Waals surface area contributed by atoms with E-state index in [2.05, 4.69) is 27.2 Å². The van der Waals surface area contributed by atoms with E-state index in [1.807, 2.05) is 13.8 Å². The Bertz CT molecular complexity index is 925. The average molecular weight is 394 g/mol. The predicted octanol–water partition coefficient (Wildman–Crippen LogP) is 3.91. The first-order valence-corrected chi connectivity index (χ1v) is 9.76. The number of hydrogen-bond donors (Lipinski definition) is 2. The van der Waals surface area contributed by atoms with Gasteiger partial charge in [0.15, 0.2) is 5.82 Å². The van der Waals surface area contributed by atoms with Gasteiger partial charge in [-0.1, -0.05) is 26.5 Å². The van der Waals surface area contributed by atoms with Gasteiger partial charge in [0, 0.05) is 30.5 Å². The first-order chi connectivity index (χ1) is 14.0. The molecule has 1 aliphatic carbocycles. The Balaban J connectivity index is 0.00000117. The van der Waals surface area contributed by atoms with E-state index < -0.39 is 0 Å². The molecule has 0 spiro atoms. The van der Waals surface area contributed by atoms with Crippen molar-refractivity contribution in [3.63, 3.8) is 0 Å². The van der Waals surface area contributed by atoms with Gasteiger partial charge >= 0.3 is 6.03 Å². The maximum absolute atomic E-state index is 12.9. The molecule has 4 rings (SSSR count). The lowest BCUT2D eigenvalue weighted by Crippen LogP contribution is -2.43. The van der Waals surface area contributed by atoms with Crippen LogP contribution in [0.25, 0.3) is 0 Å². The average Bonchev–Trinajstić information content (AvgIpc) is 3.55. The van der Waals surface area contributed by atoms with Crippen molar-refractivity contribution in [3.8, 4) is 0 Å². The molecule has 29 heavy (non-hydrogen) atoms. The third kappa shape index (κ3) is 4.53. The number of nitrogens with zero attached hydrogens (tertiary/aromatic N) is 4. The summed E-state index contributed by atoms with van der Waals surface area (Å²) < 4.78 is 0. The monoisotopic (exact) mass is 394 g/mol. The fraction of sp³-hybridized carbons (Fsp3) is 0.333. The van der Waals surface area contributed by atoms with Gasteiger partial charge in [0.1, 0.15) is 0 Å². The summed E-state index contributed by atoms with van der Waals surface area (Å²) in [7, 11) is 1.73. The molecule has 1 saturated carbocycles. The highest BCUT2D eigenvalue weighted by atomic mass is 16.2. The SMILES string of the molecule is C=CC(=O)Nc1cccc(N2C(=O)N(C)Cc3cnc(NC4CC4)nc32)c1.CC. The lowest BCUT2D eigenvalue weighted by molar-refractivity contribution is -0.111. The Morgan fingerprint density at radius 3 is 2.76 bits per heavy atom. The van der Waals surface area contributed by atoms with Gasteiger partial charge in [-0.15, -0.1) is 0 Å². The molecule has 2 N–H and O–H groups in total. The van der Waals surface area contributed by atoms with Crippen LogP contribution in [0.2, 0.25) is 0 Å². The van der Waals surface area contributed by atoms with E-state index in [0.29, 0.717) is 35.7 Å². The van der Waals surface area contributed by atoms with Crippen LogP contribution in [0.4, 0.5) is 27.9 Å². The van der Waals surface area contributed by atoms with Gasteiger partial charge in [-0.3, -0.25) is 4.79 Å². The van der Waals surface area contributed by atoms with Crippen LogP contribution in [0.15, 0.2) is 43.1 Å². The second-order valence-corrected chi connectivity index (χ2v) is 6.68. The minimum Gasteiger partial charge on any atom is -0.351 e. The zero-order chi connectivity index (χ0) is 21.0. The Labute approximate surface area is 170 Å². The molecule has 8 nitrogen and oxygen atoms in total. The number of nitrogens with one attached hydrogen (secondary N) is 2. The molecule has 2 aromatic rings.